The molecular formula is C14H20N2O3S. The molecule has 1 atom stereocenters. The molecule has 6 heteroatoms. The average molecular weight is 296 g/mol. The first-order valence-corrected chi connectivity index (χ1v) is 7.62. The molecule has 110 valence electrons. The van der Waals surface area contributed by atoms with E-state index in [0.29, 0.717) is 16.5 Å². The highest BCUT2D eigenvalue weighted by Crippen LogP contribution is 2.33. The van der Waals surface area contributed by atoms with Crippen molar-refractivity contribution < 1.29 is 14.7 Å². The predicted molar refractivity (Wildman–Crippen MR) is 79.7 cm³/mol. The molecule has 1 fully saturated rings. The number of hydrogen-bond acceptors (Lipinski definition) is 3. The lowest BCUT2D eigenvalue weighted by Crippen LogP contribution is -2.42. The molecule has 1 aliphatic rings. The van der Waals surface area contributed by atoms with Crippen molar-refractivity contribution in [1.82, 2.24) is 5.32 Å². The summed E-state index contributed by atoms with van der Waals surface area (Å²) in [6.45, 7) is 5.61. The summed E-state index contributed by atoms with van der Waals surface area (Å²) in [6.07, 6.45) is 3.53. The second-order valence-electron chi connectivity index (χ2n) is 5.37. The van der Waals surface area contributed by atoms with Crippen molar-refractivity contribution in [3.05, 3.63) is 16.0 Å². The van der Waals surface area contributed by atoms with Crippen LogP contribution in [0.3, 0.4) is 0 Å². The van der Waals surface area contributed by atoms with Gasteiger partial charge in [-0.1, -0.05) is 6.42 Å². The molecule has 20 heavy (non-hydrogen) atoms. The Morgan fingerprint density at radius 2 is 2.00 bits per heavy atom. The van der Waals surface area contributed by atoms with Crippen LogP contribution in [-0.2, 0) is 0 Å². The number of nitrogens with one attached hydrogen (secondary N) is 2. The van der Waals surface area contributed by atoms with Crippen LogP contribution in [0, 0.1) is 19.8 Å². The third-order valence-corrected chi connectivity index (χ3v) is 5.16. The van der Waals surface area contributed by atoms with Crippen LogP contribution >= 0.6 is 11.3 Å². The molecule has 1 saturated carbocycles. The molecule has 3 N–H and O–H groups in total. The van der Waals surface area contributed by atoms with E-state index in [-0.39, 0.29) is 17.6 Å². The largest absolute Gasteiger partial charge is 0.478 e. The molecule has 0 bridgehead atoms. The Morgan fingerprint density at radius 3 is 2.50 bits per heavy atom. The third-order valence-electron chi connectivity index (χ3n) is 4.04. The molecule has 5 nitrogen and oxygen atoms in total. The van der Waals surface area contributed by atoms with Gasteiger partial charge in [-0.25, -0.2) is 9.59 Å². The Hall–Kier alpha value is -1.56. The first kappa shape index (κ1) is 14.8. The highest BCUT2D eigenvalue weighted by atomic mass is 32.1. The number of rotatable bonds is 4. The zero-order chi connectivity index (χ0) is 14.9. The van der Waals surface area contributed by atoms with E-state index in [9.17, 15) is 14.7 Å². The Morgan fingerprint density at radius 1 is 1.35 bits per heavy atom. The number of carboxylic acid groups (broad SMARTS) is 1. The zero-order valence-corrected chi connectivity index (χ0v) is 12.8. The third kappa shape index (κ3) is 2.95. The fourth-order valence-electron chi connectivity index (χ4n) is 2.38. The molecule has 1 unspecified atom stereocenters. The van der Waals surface area contributed by atoms with Gasteiger partial charge in [-0.3, -0.25) is 5.32 Å². The van der Waals surface area contributed by atoms with Gasteiger partial charge in [-0.15, -0.1) is 11.3 Å². The summed E-state index contributed by atoms with van der Waals surface area (Å²) < 4.78 is 0. The van der Waals surface area contributed by atoms with Crippen LogP contribution in [0.15, 0.2) is 0 Å². The summed E-state index contributed by atoms with van der Waals surface area (Å²) in [7, 11) is 0. The number of carboxylic acids is 1. The van der Waals surface area contributed by atoms with Gasteiger partial charge in [0.1, 0.15) is 5.00 Å². The van der Waals surface area contributed by atoms with E-state index in [1.54, 1.807) is 6.92 Å². The summed E-state index contributed by atoms with van der Waals surface area (Å²) in [5.41, 5.74) is 0.906. The Labute approximate surface area is 122 Å². The van der Waals surface area contributed by atoms with Crippen LogP contribution in [0.25, 0.3) is 0 Å². The number of aryl methyl sites for hydroxylation is 1. The molecule has 1 aromatic rings. The minimum absolute atomic E-state index is 0.124. The second-order valence-corrected chi connectivity index (χ2v) is 6.60. The monoisotopic (exact) mass is 296 g/mol. The molecule has 1 aliphatic carbocycles. The Balaban J connectivity index is 2.04. The van der Waals surface area contributed by atoms with Gasteiger partial charge in [0.25, 0.3) is 0 Å². The fraction of sp³-hybridized carbons (Fsp3) is 0.571. The molecule has 1 heterocycles. The minimum atomic E-state index is -1.01. The number of carbonyl (C=O) groups is 2. The maximum Gasteiger partial charge on any atom is 0.338 e. The summed E-state index contributed by atoms with van der Waals surface area (Å²) in [5, 5.41) is 15.2. The lowest BCUT2D eigenvalue weighted by molar-refractivity contribution is 0.0697. The molecule has 2 rings (SSSR count). The van der Waals surface area contributed by atoms with Crippen LogP contribution in [0.2, 0.25) is 0 Å². The SMILES string of the molecule is Cc1sc(NC(=O)NC(C)C2CCC2)c(C(=O)O)c1C. The fourth-order valence-corrected chi connectivity index (χ4v) is 3.42. The minimum Gasteiger partial charge on any atom is -0.478 e. The van der Waals surface area contributed by atoms with Crippen molar-refractivity contribution >= 4 is 28.3 Å². The van der Waals surface area contributed by atoms with Crippen LogP contribution < -0.4 is 10.6 Å². The van der Waals surface area contributed by atoms with E-state index >= 15 is 0 Å². The molecule has 0 spiro atoms. The number of anilines is 1. The van der Waals surface area contributed by atoms with Gasteiger partial charge in [-0.2, -0.15) is 0 Å². The van der Waals surface area contributed by atoms with E-state index in [0.717, 1.165) is 17.7 Å². The molecular weight excluding hydrogens is 276 g/mol. The van der Waals surface area contributed by atoms with Gasteiger partial charge in [-0.05, 0) is 45.1 Å². The van der Waals surface area contributed by atoms with Crippen LogP contribution in [0.1, 0.15) is 47.0 Å². The first-order chi connectivity index (χ1) is 9.40. The number of aromatic carboxylic acids is 1. The van der Waals surface area contributed by atoms with Crippen molar-refractivity contribution in [1.29, 1.82) is 0 Å². The number of thiophene rings is 1. The molecule has 2 amide bonds. The van der Waals surface area contributed by atoms with Crippen molar-refractivity contribution in [2.75, 3.05) is 5.32 Å². The molecule has 0 aromatic carbocycles. The molecule has 0 aliphatic heterocycles. The standard InChI is InChI=1S/C14H20N2O3S/c1-7-9(3)20-12(11(7)13(17)18)16-14(19)15-8(2)10-5-4-6-10/h8,10H,4-6H2,1-3H3,(H,17,18)(H2,15,16,19). The average Bonchev–Trinajstić information content (AvgIpc) is 2.50. The van der Waals surface area contributed by atoms with Crippen molar-refractivity contribution in [3.8, 4) is 0 Å². The van der Waals surface area contributed by atoms with Gasteiger partial charge in [0.2, 0.25) is 0 Å². The van der Waals surface area contributed by atoms with Gasteiger partial charge >= 0.3 is 12.0 Å². The Kier molecular flexibility index (Phi) is 4.32. The quantitative estimate of drug-likeness (QED) is 0.797. The molecule has 0 radical (unpaired) electrons. The van der Waals surface area contributed by atoms with Gasteiger partial charge < -0.3 is 10.4 Å². The lowest BCUT2D eigenvalue weighted by atomic mass is 9.80. The Bertz CT molecular complexity index is 535. The number of urea groups is 1. The number of hydrogen-bond donors (Lipinski definition) is 3. The van der Waals surface area contributed by atoms with Gasteiger partial charge in [0.15, 0.2) is 0 Å². The van der Waals surface area contributed by atoms with Crippen LogP contribution in [-0.4, -0.2) is 23.1 Å². The normalized spacial score (nSPS) is 16.4. The summed E-state index contributed by atoms with van der Waals surface area (Å²) in [6, 6.07) is -0.202. The highest BCUT2D eigenvalue weighted by Gasteiger charge is 2.26. The van der Waals surface area contributed by atoms with Gasteiger partial charge in [0, 0.05) is 10.9 Å². The zero-order valence-electron chi connectivity index (χ0n) is 11.9. The predicted octanol–water partition coefficient (Wildman–Crippen LogP) is 3.37. The molecule has 0 saturated heterocycles. The maximum atomic E-state index is 12.0. The highest BCUT2D eigenvalue weighted by molar-refractivity contribution is 7.16. The summed E-state index contributed by atoms with van der Waals surface area (Å²) >= 11 is 1.30. The maximum absolute atomic E-state index is 12.0. The van der Waals surface area contributed by atoms with Crippen molar-refractivity contribution in [2.45, 2.75) is 46.1 Å². The number of amides is 2. The summed E-state index contributed by atoms with van der Waals surface area (Å²) in [4.78, 5) is 24.1. The molecule has 1 aromatic heterocycles. The van der Waals surface area contributed by atoms with E-state index in [1.165, 1.54) is 17.8 Å². The van der Waals surface area contributed by atoms with Crippen molar-refractivity contribution in [2.24, 2.45) is 5.92 Å². The number of carbonyl (C=O) groups excluding carboxylic acids is 1. The lowest BCUT2D eigenvalue weighted by Gasteiger charge is -2.31. The van der Waals surface area contributed by atoms with Crippen LogP contribution in [0.4, 0.5) is 9.80 Å². The van der Waals surface area contributed by atoms with E-state index in [1.807, 2.05) is 13.8 Å². The second kappa shape index (κ2) is 5.83. The van der Waals surface area contributed by atoms with E-state index < -0.39 is 5.97 Å². The summed E-state index contributed by atoms with van der Waals surface area (Å²) in [5.74, 6) is -0.458. The smallest absolute Gasteiger partial charge is 0.338 e. The first-order valence-electron chi connectivity index (χ1n) is 6.81. The van der Waals surface area contributed by atoms with Crippen LogP contribution in [0.5, 0.6) is 0 Å². The topological polar surface area (TPSA) is 78.4 Å². The van der Waals surface area contributed by atoms with Crippen molar-refractivity contribution in [3.63, 3.8) is 0 Å². The van der Waals surface area contributed by atoms with E-state index in [2.05, 4.69) is 10.6 Å². The van der Waals surface area contributed by atoms with E-state index in [4.69, 9.17) is 0 Å². The van der Waals surface area contributed by atoms with Gasteiger partial charge in [0.05, 0.1) is 5.56 Å².